The number of rotatable bonds is 3. The van der Waals surface area contributed by atoms with Crippen LogP contribution < -0.4 is 0 Å². The average Bonchev–Trinajstić information content (AvgIpc) is 2.87. The lowest BCUT2D eigenvalue weighted by Crippen LogP contribution is -1.96. The van der Waals surface area contributed by atoms with Crippen LogP contribution >= 0.6 is 35.4 Å². The van der Waals surface area contributed by atoms with Crippen molar-refractivity contribution in [2.75, 3.05) is 0 Å². The molecule has 0 aliphatic heterocycles. The van der Waals surface area contributed by atoms with Crippen molar-refractivity contribution < 1.29 is 4.39 Å². The molecule has 0 saturated heterocycles. The number of nitrogens with zero attached hydrogens (tertiary/aromatic N) is 3. The average molecular weight is 367 g/mol. The topological polar surface area (TPSA) is 46.0 Å². The van der Waals surface area contributed by atoms with E-state index in [4.69, 9.17) is 35.4 Å². The molecule has 4 nitrogen and oxygen atoms in total. The molecule has 0 aliphatic carbocycles. The Morgan fingerprint density at radius 1 is 1.22 bits per heavy atom. The predicted octanol–water partition coefficient (Wildman–Crippen LogP) is 4.94. The molecule has 1 N–H and O–H groups in total. The van der Waals surface area contributed by atoms with Crippen LogP contribution in [0.4, 0.5) is 4.39 Å². The largest absolute Gasteiger partial charge is 0.250 e. The van der Waals surface area contributed by atoms with Gasteiger partial charge in [0.2, 0.25) is 4.77 Å². The second-order valence-corrected chi connectivity index (χ2v) is 5.78. The van der Waals surface area contributed by atoms with Crippen LogP contribution in [0.25, 0.3) is 11.4 Å². The first-order chi connectivity index (χ1) is 11.1. The fraction of sp³-hybridized carbons (Fsp3) is 0. The molecule has 116 valence electrons. The van der Waals surface area contributed by atoms with Gasteiger partial charge in [-0.05, 0) is 36.5 Å². The second-order valence-electron chi connectivity index (χ2n) is 4.55. The summed E-state index contributed by atoms with van der Waals surface area (Å²) in [4.78, 5) is 0. The lowest BCUT2D eigenvalue weighted by atomic mass is 10.2. The van der Waals surface area contributed by atoms with Gasteiger partial charge in [-0.15, -0.1) is 0 Å². The molecule has 0 atom stereocenters. The lowest BCUT2D eigenvalue weighted by Gasteiger charge is -2.04. The Morgan fingerprint density at radius 2 is 2.00 bits per heavy atom. The normalized spacial score (nSPS) is 11.3. The lowest BCUT2D eigenvalue weighted by molar-refractivity contribution is 0.625. The standard InChI is InChI=1S/C15H9Cl2FN4S/c16-10-5-6-11(12(17)7-10)14-20-21-15(23)22(14)19-8-9-3-1-2-4-13(9)18/h1-8H,(H,21,23). The minimum atomic E-state index is -0.377. The molecular formula is C15H9Cl2FN4S. The summed E-state index contributed by atoms with van der Waals surface area (Å²) in [5.74, 6) is 0.0293. The second kappa shape index (κ2) is 6.62. The highest BCUT2D eigenvalue weighted by atomic mass is 35.5. The van der Waals surface area contributed by atoms with Gasteiger partial charge in [0, 0.05) is 16.1 Å². The molecule has 3 aromatic rings. The third-order valence-corrected chi connectivity index (χ3v) is 3.85. The molecule has 23 heavy (non-hydrogen) atoms. The molecule has 0 amide bonds. The summed E-state index contributed by atoms with van der Waals surface area (Å²) in [6.07, 6.45) is 1.37. The minimum Gasteiger partial charge on any atom is -0.250 e. The zero-order valence-corrected chi connectivity index (χ0v) is 13.8. The van der Waals surface area contributed by atoms with Gasteiger partial charge in [0.25, 0.3) is 0 Å². The van der Waals surface area contributed by atoms with Crippen LogP contribution in [0.3, 0.4) is 0 Å². The van der Waals surface area contributed by atoms with Gasteiger partial charge in [-0.1, -0.05) is 41.4 Å². The first-order valence-corrected chi connectivity index (χ1v) is 7.64. The summed E-state index contributed by atoms with van der Waals surface area (Å²) in [5.41, 5.74) is 0.942. The van der Waals surface area contributed by atoms with Gasteiger partial charge in [-0.25, -0.2) is 9.49 Å². The molecule has 0 fully saturated rings. The molecule has 0 spiro atoms. The summed E-state index contributed by atoms with van der Waals surface area (Å²) in [6, 6.07) is 11.3. The van der Waals surface area contributed by atoms with Crippen molar-refractivity contribution in [3.8, 4) is 11.4 Å². The molecule has 1 aromatic heterocycles. The van der Waals surface area contributed by atoms with Crippen molar-refractivity contribution in [1.29, 1.82) is 0 Å². The van der Waals surface area contributed by atoms with E-state index in [0.717, 1.165) is 0 Å². The van der Waals surface area contributed by atoms with Crippen LogP contribution in [0.2, 0.25) is 10.0 Å². The molecule has 2 aromatic carbocycles. The van der Waals surface area contributed by atoms with E-state index in [1.54, 1.807) is 36.4 Å². The van der Waals surface area contributed by atoms with Crippen LogP contribution in [0, 0.1) is 10.6 Å². The summed E-state index contributed by atoms with van der Waals surface area (Å²) in [5, 5.41) is 11.9. The van der Waals surface area contributed by atoms with E-state index >= 15 is 0 Å². The van der Waals surface area contributed by atoms with Crippen LogP contribution in [0.1, 0.15) is 5.56 Å². The van der Waals surface area contributed by atoms with E-state index < -0.39 is 0 Å². The van der Waals surface area contributed by atoms with E-state index in [1.807, 2.05) is 0 Å². The molecule has 1 heterocycles. The van der Waals surface area contributed by atoms with Crippen LogP contribution in [0.15, 0.2) is 47.6 Å². The maximum Gasteiger partial charge on any atom is 0.216 e. The Bertz CT molecular complexity index is 949. The van der Waals surface area contributed by atoms with Crippen molar-refractivity contribution in [2.24, 2.45) is 5.10 Å². The monoisotopic (exact) mass is 366 g/mol. The van der Waals surface area contributed by atoms with Gasteiger partial charge in [0.05, 0.1) is 11.2 Å². The fourth-order valence-corrected chi connectivity index (χ4v) is 2.62. The molecule has 0 aliphatic rings. The van der Waals surface area contributed by atoms with E-state index in [-0.39, 0.29) is 10.6 Å². The molecule has 0 bridgehead atoms. The quantitative estimate of drug-likeness (QED) is 0.527. The molecular weight excluding hydrogens is 358 g/mol. The summed E-state index contributed by atoms with van der Waals surface area (Å²) >= 11 is 17.2. The van der Waals surface area contributed by atoms with Crippen molar-refractivity contribution >= 4 is 41.6 Å². The van der Waals surface area contributed by atoms with Gasteiger partial charge >= 0.3 is 0 Å². The fourth-order valence-electron chi connectivity index (χ4n) is 1.94. The predicted molar refractivity (Wildman–Crippen MR) is 92.3 cm³/mol. The zero-order valence-electron chi connectivity index (χ0n) is 11.5. The van der Waals surface area contributed by atoms with Crippen LogP contribution in [-0.2, 0) is 0 Å². The Kier molecular flexibility index (Phi) is 4.56. The number of nitrogens with one attached hydrogen (secondary N) is 1. The highest BCUT2D eigenvalue weighted by molar-refractivity contribution is 7.71. The number of hydrogen-bond acceptors (Lipinski definition) is 3. The van der Waals surface area contributed by atoms with E-state index in [1.165, 1.54) is 17.0 Å². The van der Waals surface area contributed by atoms with Crippen LogP contribution in [0.5, 0.6) is 0 Å². The number of hydrogen-bond donors (Lipinski definition) is 1. The van der Waals surface area contributed by atoms with E-state index in [0.29, 0.717) is 27.0 Å². The maximum absolute atomic E-state index is 13.7. The van der Waals surface area contributed by atoms with Crippen LogP contribution in [-0.4, -0.2) is 21.1 Å². The molecule has 0 saturated carbocycles. The molecule has 0 radical (unpaired) electrons. The summed E-state index contributed by atoms with van der Waals surface area (Å²) in [6.45, 7) is 0. The number of aromatic nitrogens is 3. The van der Waals surface area contributed by atoms with Gasteiger partial charge in [-0.2, -0.15) is 14.9 Å². The van der Waals surface area contributed by atoms with Gasteiger partial charge in [0.1, 0.15) is 5.82 Å². The maximum atomic E-state index is 13.7. The molecule has 0 unspecified atom stereocenters. The highest BCUT2D eigenvalue weighted by Gasteiger charge is 2.12. The number of benzene rings is 2. The van der Waals surface area contributed by atoms with E-state index in [9.17, 15) is 4.39 Å². The van der Waals surface area contributed by atoms with Gasteiger partial charge in [0.15, 0.2) is 5.82 Å². The van der Waals surface area contributed by atoms with Crippen molar-refractivity contribution in [2.45, 2.75) is 0 Å². The van der Waals surface area contributed by atoms with Crippen molar-refractivity contribution in [1.82, 2.24) is 14.9 Å². The van der Waals surface area contributed by atoms with Crippen molar-refractivity contribution in [3.05, 3.63) is 68.7 Å². The first kappa shape index (κ1) is 15.9. The Labute approximate surface area is 146 Å². The number of aromatic amines is 1. The molecule has 3 rings (SSSR count). The smallest absolute Gasteiger partial charge is 0.216 e. The number of halogens is 3. The molecule has 8 heteroatoms. The van der Waals surface area contributed by atoms with E-state index in [2.05, 4.69) is 15.3 Å². The SMILES string of the molecule is Fc1ccccc1C=Nn1c(-c2ccc(Cl)cc2Cl)n[nH]c1=S. The number of H-pyrrole nitrogens is 1. The Balaban J connectivity index is 2.06. The Morgan fingerprint density at radius 3 is 2.74 bits per heavy atom. The third-order valence-electron chi connectivity index (χ3n) is 3.04. The Hall–Kier alpha value is -2.02. The van der Waals surface area contributed by atoms with Crippen molar-refractivity contribution in [3.63, 3.8) is 0 Å². The highest BCUT2D eigenvalue weighted by Crippen LogP contribution is 2.29. The van der Waals surface area contributed by atoms with Gasteiger partial charge < -0.3 is 0 Å². The summed E-state index contributed by atoms with van der Waals surface area (Å²) < 4.78 is 15.3. The van der Waals surface area contributed by atoms with Gasteiger partial charge in [-0.3, -0.25) is 0 Å². The zero-order chi connectivity index (χ0) is 16.4. The summed E-state index contributed by atoms with van der Waals surface area (Å²) in [7, 11) is 0. The first-order valence-electron chi connectivity index (χ1n) is 6.48. The third kappa shape index (κ3) is 3.34. The minimum absolute atomic E-state index is 0.263.